The van der Waals surface area contributed by atoms with Crippen molar-refractivity contribution in [2.24, 2.45) is 0 Å². The summed E-state index contributed by atoms with van der Waals surface area (Å²) in [5.74, 6) is 0. The zero-order valence-electron chi connectivity index (χ0n) is 5.01. The number of aliphatic hydroxyl groups excluding tert-OH is 1. The molecule has 0 spiro atoms. The van der Waals surface area contributed by atoms with Crippen molar-refractivity contribution in [3.8, 4) is 0 Å². The second kappa shape index (κ2) is 3.46. The SMILES string of the molecule is OCc1nccc(Br)c1Br. The predicted molar refractivity (Wildman–Crippen MR) is 45.6 cm³/mol. The Kier molecular flexibility index (Phi) is 2.82. The Balaban J connectivity index is 3.14. The molecule has 2 nitrogen and oxygen atoms in total. The lowest BCUT2D eigenvalue weighted by Crippen LogP contribution is -1.89. The van der Waals surface area contributed by atoms with Gasteiger partial charge in [-0.3, -0.25) is 4.98 Å². The summed E-state index contributed by atoms with van der Waals surface area (Å²) in [6, 6.07) is 1.81. The largest absolute Gasteiger partial charge is 0.390 e. The minimum atomic E-state index is -0.0416. The van der Waals surface area contributed by atoms with Crippen LogP contribution in [0.25, 0.3) is 0 Å². The lowest BCUT2D eigenvalue weighted by molar-refractivity contribution is 0.276. The minimum Gasteiger partial charge on any atom is -0.390 e. The Labute approximate surface area is 75.5 Å². The number of pyridine rings is 1. The minimum absolute atomic E-state index is 0.0416. The highest BCUT2D eigenvalue weighted by Crippen LogP contribution is 2.24. The number of halogens is 2. The summed E-state index contributed by atoms with van der Waals surface area (Å²) in [5, 5.41) is 8.73. The molecule has 0 bridgehead atoms. The van der Waals surface area contributed by atoms with Crippen LogP contribution in [-0.2, 0) is 6.61 Å². The first-order valence-electron chi connectivity index (χ1n) is 2.65. The monoisotopic (exact) mass is 265 g/mol. The highest BCUT2D eigenvalue weighted by molar-refractivity contribution is 9.13. The molecule has 0 amide bonds. The quantitative estimate of drug-likeness (QED) is 0.845. The van der Waals surface area contributed by atoms with Gasteiger partial charge in [-0.05, 0) is 37.9 Å². The second-order valence-electron chi connectivity index (χ2n) is 1.71. The third kappa shape index (κ3) is 1.56. The van der Waals surface area contributed by atoms with E-state index in [4.69, 9.17) is 5.11 Å². The molecule has 0 radical (unpaired) electrons. The second-order valence-corrected chi connectivity index (χ2v) is 3.36. The van der Waals surface area contributed by atoms with Crippen LogP contribution in [0.5, 0.6) is 0 Å². The standard InChI is InChI=1S/C6H5Br2NO/c7-4-1-2-9-5(3-10)6(4)8/h1-2,10H,3H2. The summed E-state index contributed by atoms with van der Waals surface area (Å²) < 4.78 is 1.73. The molecular formula is C6H5Br2NO. The van der Waals surface area contributed by atoms with Crippen LogP contribution in [0.15, 0.2) is 21.2 Å². The first-order chi connectivity index (χ1) is 4.75. The van der Waals surface area contributed by atoms with E-state index < -0.39 is 0 Å². The lowest BCUT2D eigenvalue weighted by atomic mass is 10.4. The first kappa shape index (κ1) is 8.17. The lowest BCUT2D eigenvalue weighted by Gasteiger charge is -1.99. The molecule has 1 aromatic rings. The van der Waals surface area contributed by atoms with E-state index in [1.165, 1.54) is 0 Å². The molecule has 1 heterocycles. The maximum atomic E-state index is 8.73. The molecule has 1 rings (SSSR count). The number of hydrogen-bond acceptors (Lipinski definition) is 2. The number of hydrogen-bond donors (Lipinski definition) is 1. The van der Waals surface area contributed by atoms with Crippen LogP contribution in [0.2, 0.25) is 0 Å². The predicted octanol–water partition coefficient (Wildman–Crippen LogP) is 2.10. The van der Waals surface area contributed by atoms with Crippen molar-refractivity contribution < 1.29 is 5.11 Å². The molecule has 1 aromatic heterocycles. The third-order valence-electron chi connectivity index (χ3n) is 1.06. The average molecular weight is 267 g/mol. The molecule has 0 aliphatic rings. The average Bonchev–Trinajstić information content (AvgIpc) is 1.95. The Morgan fingerprint density at radius 1 is 1.50 bits per heavy atom. The van der Waals surface area contributed by atoms with E-state index in [1.807, 2.05) is 6.07 Å². The van der Waals surface area contributed by atoms with Crippen LogP contribution in [0, 0.1) is 0 Å². The Bertz CT molecular complexity index is 239. The fraction of sp³-hybridized carbons (Fsp3) is 0.167. The van der Waals surface area contributed by atoms with Crippen molar-refractivity contribution in [3.05, 3.63) is 26.9 Å². The summed E-state index contributed by atoms with van der Waals surface area (Å²) in [4.78, 5) is 3.93. The Morgan fingerprint density at radius 2 is 2.20 bits per heavy atom. The van der Waals surface area contributed by atoms with Gasteiger partial charge in [0, 0.05) is 10.7 Å². The molecule has 0 aliphatic heterocycles. The van der Waals surface area contributed by atoms with Crippen molar-refractivity contribution in [2.75, 3.05) is 0 Å². The van der Waals surface area contributed by atoms with Crippen molar-refractivity contribution in [2.45, 2.75) is 6.61 Å². The van der Waals surface area contributed by atoms with Crippen molar-refractivity contribution in [3.63, 3.8) is 0 Å². The van der Waals surface area contributed by atoms with Crippen molar-refractivity contribution in [1.82, 2.24) is 4.98 Å². The van der Waals surface area contributed by atoms with Gasteiger partial charge in [0.15, 0.2) is 0 Å². The molecule has 0 saturated carbocycles. The van der Waals surface area contributed by atoms with E-state index in [0.717, 1.165) is 8.95 Å². The summed E-state index contributed by atoms with van der Waals surface area (Å²) in [7, 11) is 0. The molecule has 0 atom stereocenters. The smallest absolute Gasteiger partial charge is 0.0864 e. The highest BCUT2D eigenvalue weighted by atomic mass is 79.9. The van der Waals surface area contributed by atoms with Gasteiger partial charge >= 0.3 is 0 Å². The molecular weight excluding hydrogens is 262 g/mol. The van der Waals surface area contributed by atoms with E-state index >= 15 is 0 Å². The third-order valence-corrected chi connectivity index (χ3v) is 3.14. The number of nitrogens with zero attached hydrogens (tertiary/aromatic N) is 1. The topological polar surface area (TPSA) is 33.1 Å². The summed E-state index contributed by atoms with van der Waals surface area (Å²) in [6.07, 6.45) is 1.64. The summed E-state index contributed by atoms with van der Waals surface area (Å²) in [6.45, 7) is -0.0416. The van der Waals surface area contributed by atoms with Gasteiger partial charge in [0.05, 0.1) is 16.8 Å². The number of aliphatic hydroxyl groups is 1. The van der Waals surface area contributed by atoms with Crippen LogP contribution < -0.4 is 0 Å². The van der Waals surface area contributed by atoms with E-state index in [1.54, 1.807) is 6.20 Å². The van der Waals surface area contributed by atoms with Crippen LogP contribution in [0.1, 0.15) is 5.69 Å². The van der Waals surface area contributed by atoms with E-state index in [0.29, 0.717) is 5.69 Å². The Hall–Kier alpha value is 0.0700. The highest BCUT2D eigenvalue weighted by Gasteiger charge is 2.01. The molecule has 1 N–H and O–H groups in total. The normalized spacial score (nSPS) is 9.90. The zero-order valence-corrected chi connectivity index (χ0v) is 8.18. The van der Waals surface area contributed by atoms with Crippen LogP contribution in [0.4, 0.5) is 0 Å². The van der Waals surface area contributed by atoms with Gasteiger partial charge in [-0.25, -0.2) is 0 Å². The maximum Gasteiger partial charge on any atom is 0.0864 e. The van der Waals surface area contributed by atoms with E-state index in [-0.39, 0.29) is 6.61 Å². The van der Waals surface area contributed by atoms with E-state index in [2.05, 4.69) is 36.8 Å². The number of rotatable bonds is 1. The molecule has 0 fully saturated rings. The van der Waals surface area contributed by atoms with Gasteiger partial charge in [0.25, 0.3) is 0 Å². The molecule has 0 unspecified atom stereocenters. The van der Waals surface area contributed by atoms with Crippen molar-refractivity contribution >= 4 is 31.9 Å². The maximum absolute atomic E-state index is 8.73. The van der Waals surface area contributed by atoms with Crippen LogP contribution in [-0.4, -0.2) is 10.1 Å². The first-order valence-corrected chi connectivity index (χ1v) is 4.24. The van der Waals surface area contributed by atoms with Gasteiger partial charge in [-0.2, -0.15) is 0 Å². The molecule has 0 aliphatic carbocycles. The molecule has 0 aromatic carbocycles. The number of aromatic nitrogens is 1. The Morgan fingerprint density at radius 3 is 2.70 bits per heavy atom. The zero-order chi connectivity index (χ0) is 7.56. The summed E-state index contributed by atoms with van der Waals surface area (Å²) >= 11 is 6.56. The molecule has 54 valence electrons. The van der Waals surface area contributed by atoms with Gasteiger partial charge in [0.1, 0.15) is 0 Å². The molecule has 4 heteroatoms. The van der Waals surface area contributed by atoms with E-state index in [9.17, 15) is 0 Å². The fourth-order valence-corrected chi connectivity index (χ4v) is 1.28. The van der Waals surface area contributed by atoms with Gasteiger partial charge in [-0.1, -0.05) is 0 Å². The van der Waals surface area contributed by atoms with Gasteiger partial charge in [0.2, 0.25) is 0 Å². The van der Waals surface area contributed by atoms with Crippen LogP contribution >= 0.6 is 31.9 Å². The van der Waals surface area contributed by atoms with Gasteiger partial charge < -0.3 is 5.11 Å². The van der Waals surface area contributed by atoms with Crippen LogP contribution in [0.3, 0.4) is 0 Å². The fourth-order valence-electron chi connectivity index (χ4n) is 0.571. The molecule has 0 saturated heterocycles. The molecule has 10 heavy (non-hydrogen) atoms. The van der Waals surface area contributed by atoms with Crippen molar-refractivity contribution in [1.29, 1.82) is 0 Å². The summed E-state index contributed by atoms with van der Waals surface area (Å²) in [5.41, 5.74) is 0.648. The van der Waals surface area contributed by atoms with Gasteiger partial charge in [-0.15, -0.1) is 0 Å².